The maximum Gasteiger partial charge on any atom is 0.225 e. The highest BCUT2D eigenvalue weighted by molar-refractivity contribution is 5.43. The molecule has 3 rings (SSSR count). The average Bonchev–Trinajstić information content (AvgIpc) is 2.62. The molecule has 1 aliphatic rings. The zero-order valence-electron chi connectivity index (χ0n) is 12.9. The highest BCUT2D eigenvalue weighted by Crippen LogP contribution is 2.23. The maximum atomic E-state index is 5.18. The highest BCUT2D eigenvalue weighted by atomic mass is 16.5. The number of methoxy groups -OCH3 is 1. The smallest absolute Gasteiger partial charge is 0.225 e. The van der Waals surface area contributed by atoms with Crippen LogP contribution in [0, 0.1) is 0 Å². The highest BCUT2D eigenvalue weighted by Gasteiger charge is 2.25. The molecular weight excluding hydrogens is 280 g/mol. The molecule has 1 unspecified atom stereocenters. The fraction of sp³-hybridized carbons (Fsp3) is 0.467. The molecular formula is C15H20N6O. The largest absolute Gasteiger partial charge is 0.481 e. The van der Waals surface area contributed by atoms with E-state index in [1.54, 1.807) is 25.8 Å². The van der Waals surface area contributed by atoms with Crippen LogP contribution in [0.2, 0.25) is 0 Å². The number of ether oxygens (including phenoxy) is 1. The van der Waals surface area contributed by atoms with Crippen LogP contribution >= 0.6 is 0 Å². The van der Waals surface area contributed by atoms with Gasteiger partial charge in [-0.15, -0.1) is 0 Å². The number of hydrogen-bond acceptors (Lipinski definition) is 7. The van der Waals surface area contributed by atoms with Gasteiger partial charge in [0.05, 0.1) is 7.11 Å². The fourth-order valence-electron chi connectivity index (χ4n) is 2.73. The molecule has 22 heavy (non-hydrogen) atoms. The van der Waals surface area contributed by atoms with Crippen molar-refractivity contribution in [3.63, 3.8) is 0 Å². The number of aromatic nitrogens is 4. The lowest BCUT2D eigenvalue weighted by Crippen LogP contribution is -2.47. The van der Waals surface area contributed by atoms with Crippen LogP contribution in [0.1, 0.15) is 12.8 Å². The SMILES string of the molecule is COc1cc(N2CCCC(N(C)c3ncccn3)C2)ncn1. The third kappa shape index (κ3) is 3.08. The first-order valence-electron chi connectivity index (χ1n) is 7.39. The van der Waals surface area contributed by atoms with Crippen LogP contribution < -0.4 is 14.5 Å². The summed E-state index contributed by atoms with van der Waals surface area (Å²) < 4.78 is 5.18. The summed E-state index contributed by atoms with van der Waals surface area (Å²) in [5.74, 6) is 2.25. The molecule has 1 aliphatic heterocycles. The van der Waals surface area contributed by atoms with E-state index in [-0.39, 0.29) is 0 Å². The first-order valence-corrected chi connectivity index (χ1v) is 7.39. The van der Waals surface area contributed by atoms with Crippen molar-refractivity contribution in [1.82, 2.24) is 19.9 Å². The summed E-state index contributed by atoms with van der Waals surface area (Å²) in [6, 6.07) is 4.07. The summed E-state index contributed by atoms with van der Waals surface area (Å²) in [7, 11) is 3.66. The van der Waals surface area contributed by atoms with Gasteiger partial charge in [-0.05, 0) is 18.9 Å². The lowest BCUT2D eigenvalue weighted by Gasteiger charge is -2.38. The summed E-state index contributed by atoms with van der Waals surface area (Å²) in [4.78, 5) is 21.5. The summed E-state index contributed by atoms with van der Waals surface area (Å²) >= 11 is 0. The van der Waals surface area contributed by atoms with Crippen molar-refractivity contribution in [2.24, 2.45) is 0 Å². The molecule has 0 N–H and O–H groups in total. The van der Waals surface area contributed by atoms with Gasteiger partial charge in [0, 0.05) is 44.6 Å². The predicted octanol–water partition coefficient (Wildman–Crippen LogP) is 1.38. The average molecular weight is 300 g/mol. The molecule has 2 aromatic heterocycles. The van der Waals surface area contributed by atoms with Crippen molar-refractivity contribution in [3.05, 3.63) is 30.9 Å². The van der Waals surface area contributed by atoms with Gasteiger partial charge in [0.25, 0.3) is 0 Å². The Morgan fingerprint density at radius 1 is 1.23 bits per heavy atom. The van der Waals surface area contributed by atoms with Gasteiger partial charge in [-0.2, -0.15) is 0 Å². The molecule has 7 nitrogen and oxygen atoms in total. The van der Waals surface area contributed by atoms with E-state index >= 15 is 0 Å². The van der Waals surface area contributed by atoms with E-state index in [1.165, 1.54) is 0 Å². The Hall–Kier alpha value is -2.44. The second-order valence-electron chi connectivity index (χ2n) is 5.32. The second kappa shape index (κ2) is 6.55. The van der Waals surface area contributed by atoms with Crippen molar-refractivity contribution < 1.29 is 4.74 Å². The molecule has 1 saturated heterocycles. The number of nitrogens with zero attached hydrogens (tertiary/aromatic N) is 6. The summed E-state index contributed by atoms with van der Waals surface area (Å²) in [5, 5.41) is 0. The van der Waals surface area contributed by atoms with Crippen LogP contribution in [0.15, 0.2) is 30.9 Å². The number of rotatable bonds is 4. The Morgan fingerprint density at radius 3 is 2.82 bits per heavy atom. The number of likely N-dealkylation sites (N-methyl/N-ethyl adjacent to an activating group) is 1. The Bertz CT molecular complexity index is 608. The minimum Gasteiger partial charge on any atom is -0.481 e. The molecule has 1 fully saturated rings. The molecule has 0 amide bonds. The van der Waals surface area contributed by atoms with E-state index in [9.17, 15) is 0 Å². The van der Waals surface area contributed by atoms with Crippen LogP contribution in [0.3, 0.4) is 0 Å². The minimum absolute atomic E-state index is 0.358. The summed E-state index contributed by atoms with van der Waals surface area (Å²) in [6.45, 7) is 1.87. The third-order valence-corrected chi connectivity index (χ3v) is 3.97. The molecule has 1 atom stereocenters. The Balaban J connectivity index is 1.73. The minimum atomic E-state index is 0.358. The monoisotopic (exact) mass is 300 g/mol. The quantitative estimate of drug-likeness (QED) is 0.845. The Labute approximate surface area is 130 Å². The molecule has 0 spiro atoms. The molecule has 0 bridgehead atoms. The van der Waals surface area contributed by atoms with Gasteiger partial charge in [0.15, 0.2) is 0 Å². The van der Waals surface area contributed by atoms with E-state index in [0.29, 0.717) is 11.9 Å². The van der Waals surface area contributed by atoms with Gasteiger partial charge in [0.1, 0.15) is 12.1 Å². The van der Waals surface area contributed by atoms with E-state index in [1.807, 2.05) is 19.2 Å². The topological polar surface area (TPSA) is 67.3 Å². The number of anilines is 2. The van der Waals surface area contributed by atoms with Gasteiger partial charge in [0.2, 0.25) is 11.8 Å². The van der Waals surface area contributed by atoms with Gasteiger partial charge >= 0.3 is 0 Å². The van der Waals surface area contributed by atoms with Gasteiger partial charge in [-0.3, -0.25) is 0 Å². The zero-order valence-corrected chi connectivity index (χ0v) is 12.9. The summed E-state index contributed by atoms with van der Waals surface area (Å²) in [5.41, 5.74) is 0. The normalized spacial score (nSPS) is 18.1. The first kappa shape index (κ1) is 14.5. The third-order valence-electron chi connectivity index (χ3n) is 3.97. The Kier molecular flexibility index (Phi) is 4.32. The lowest BCUT2D eigenvalue weighted by molar-refractivity contribution is 0.396. The van der Waals surface area contributed by atoms with Crippen LogP contribution in [0.5, 0.6) is 5.88 Å². The Morgan fingerprint density at radius 2 is 2.05 bits per heavy atom. The van der Waals surface area contributed by atoms with Crippen molar-refractivity contribution in [1.29, 1.82) is 0 Å². The van der Waals surface area contributed by atoms with Crippen LogP contribution in [-0.2, 0) is 0 Å². The standard InChI is InChI=1S/C15H20N6O/c1-20(15-16-6-4-7-17-15)12-5-3-8-21(10-12)13-9-14(22-2)19-11-18-13/h4,6-7,9,11-12H,3,5,8,10H2,1-2H3. The molecule has 3 heterocycles. The molecule has 2 aromatic rings. The first-order chi connectivity index (χ1) is 10.8. The van der Waals surface area contributed by atoms with Gasteiger partial charge in [-0.1, -0.05) is 0 Å². The van der Waals surface area contributed by atoms with E-state index < -0.39 is 0 Å². The van der Waals surface area contributed by atoms with E-state index in [0.717, 1.165) is 37.7 Å². The fourth-order valence-corrected chi connectivity index (χ4v) is 2.73. The molecule has 0 radical (unpaired) electrons. The maximum absolute atomic E-state index is 5.18. The van der Waals surface area contributed by atoms with Crippen molar-refractivity contribution in [2.45, 2.75) is 18.9 Å². The molecule has 7 heteroatoms. The van der Waals surface area contributed by atoms with Crippen LogP contribution in [0.25, 0.3) is 0 Å². The second-order valence-corrected chi connectivity index (χ2v) is 5.32. The molecule has 116 valence electrons. The van der Waals surface area contributed by atoms with Crippen molar-refractivity contribution in [2.75, 3.05) is 37.0 Å². The van der Waals surface area contributed by atoms with E-state index in [4.69, 9.17) is 4.74 Å². The van der Waals surface area contributed by atoms with Gasteiger partial charge < -0.3 is 14.5 Å². The van der Waals surface area contributed by atoms with E-state index in [2.05, 4.69) is 29.7 Å². The zero-order chi connectivity index (χ0) is 15.4. The summed E-state index contributed by atoms with van der Waals surface area (Å²) in [6.07, 6.45) is 7.31. The molecule has 0 aromatic carbocycles. The molecule has 0 aliphatic carbocycles. The van der Waals surface area contributed by atoms with Gasteiger partial charge in [-0.25, -0.2) is 19.9 Å². The number of hydrogen-bond donors (Lipinski definition) is 0. The lowest BCUT2D eigenvalue weighted by atomic mass is 10.0. The van der Waals surface area contributed by atoms with Crippen LogP contribution in [0.4, 0.5) is 11.8 Å². The van der Waals surface area contributed by atoms with Crippen molar-refractivity contribution in [3.8, 4) is 5.88 Å². The predicted molar refractivity (Wildman–Crippen MR) is 84.3 cm³/mol. The molecule has 0 saturated carbocycles. The number of piperidine rings is 1. The van der Waals surface area contributed by atoms with Crippen molar-refractivity contribution >= 4 is 11.8 Å². The van der Waals surface area contributed by atoms with Crippen LogP contribution in [-0.4, -0.2) is 53.2 Å².